The minimum Gasteiger partial charge on any atom is -0.370 e. The van der Waals surface area contributed by atoms with Crippen LogP contribution in [0.25, 0.3) is 0 Å². The van der Waals surface area contributed by atoms with Gasteiger partial charge in [-0.3, -0.25) is 0 Å². The highest BCUT2D eigenvalue weighted by molar-refractivity contribution is 5.39. The lowest BCUT2D eigenvalue weighted by atomic mass is 10.2. The highest BCUT2D eigenvalue weighted by atomic mass is 15.1. The van der Waals surface area contributed by atoms with Crippen molar-refractivity contribution in [2.75, 3.05) is 31.2 Å². The number of aromatic nitrogens is 2. The van der Waals surface area contributed by atoms with E-state index in [-0.39, 0.29) is 0 Å². The number of nitrogens with zero attached hydrogens (tertiary/aromatic N) is 3. The second kappa shape index (κ2) is 7.16. The van der Waals surface area contributed by atoms with E-state index in [1.807, 2.05) is 13.0 Å². The van der Waals surface area contributed by atoms with Gasteiger partial charge in [-0.15, -0.1) is 0 Å². The molecule has 1 rings (SSSR count). The molecule has 0 aliphatic heterocycles. The van der Waals surface area contributed by atoms with Gasteiger partial charge in [0.15, 0.2) is 0 Å². The van der Waals surface area contributed by atoms with E-state index in [9.17, 15) is 0 Å². The number of nitrogens with one attached hydrogen (secondary N) is 1. The highest BCUT2D eigenvalue weighted by Gasteiger charge is 2.02. The van der Waals surface area contributed by atoms with Crippen LogP contribution in [0.1, 0.15) is 32.4 Å². The van der Waals surface area contributed by atoms with E-state index < -0.39 is 0 Å². The molecule has 0 saturated heterocycles. The van der Waals surface area contributed by atoms with Crippen LogP contribution >= 0.6 is 0 Å². The second-order valence-electron chi connectivity index (χ2n) is 4.96. The maximum Gasteiger partial charge on any atom is 0.222 e. The van der Waals surface area contributed by atoms with Crippen molar-refractivity contribution in [3.63, 3.8) is 0 Å². The first kappa shape index (κ1) is 14.7. The summed E-state index contributed by atoms with van der Waals surface area (Å²) < 4.78 is 0. The van der Waals surface area contributed by atoms with Gasteiger partial charge in [0.25, 0.3) is 0 Å². The predicted molar refractivity (Wildman–Crippen MR) is 76.7 cm³/mol. The third-order valence-electron chi connectivity index (χ3n) is 3.00. The molecule has 0 bridgehead atoms. The summed E-state index contributed by atoms with van der Waals surface area (Å²) in [5.41, 5.74) is 6.49. The van der Waals surface area contributed by atoms with Crippen LogP contribution in [0.5, 0.6) is 0 Å². The van der Waals surface area contributed by atoms with Gasteiger partial charge < -0.3 is 16.0 Å². The smallest absolute Gasteiger partial charge is 0.222 e. The number of rotatable bonds is 7. The molecule has 3 N–H and O–H groups in total. The molecule has 0 aromatic carbocycles. The van der Waals surface area contributed by atoms with Gasteiger partial charge in [0.2, 0.25) is 5.95 Å². The predicted octanol–water partition coefficient (Wildman–Crippen LogP) is 1.90. The number of hydrogen-bond acceptors (Lipinski definition) is 5. The molecule has 102 valence electrons. The fourth-order valence-electron chi connectivity index (χ4n) is 1.64. The summed E-state index contributed by atoms with van der Waals surface area (Å²) in [6.45, 7) is 8.39. The maximum absolute atomic E-state index is 5.59. The van der Waals surface area contributed by atoms with Crippen LogP contribution in [-0.4, -0.2) is 41.0 Å². The Hall–Kier alpha value is -1.36. The lowest BCUT2D eigenvalue weighted by Crippen LogP contribution is -2.27. The zero-order valence-corrected chi connectivity index (χ0v) is 11.9. The van der Waals surface area contributed by atoms with Crippen molar-refractivity contribution in [3.8, 4) is 0 Å². The molecule has 0 atom stereocenters. The van der Waals surface area contributed by atoms with E-state index in [1.54, 1.807) is 0 Å². The summed E-state index contributed by atoms with van der Waals surface area (Å²) in [7, 11) is 2.16. The van der Waals surface area contributed by atoms with Gasteiger partial charge in [-0.1, -0.05) is 0 Å². The van der Waals surface area contributed by atoms with Crippen molar-refractivity contribution in [1.29, 1.82) is 0 Å². The zero-order chi connectivity index (χ0) is 13.5. The molecule has 18 heavy (non-hydrogen) atoms. The minimum atomic E-state index is 0.331. The topological polar surface area (TPSA) is 67.1 Å². The Labute approximate surface area is 110 Å². The van der Waals surface area contributed by atoms with Gasteiger partial charge in [-0.05, 0) is 47.2 Å². The molecule has 0 radical (unpaired) electrons. The molecule has 0 saturated carbocycles. The lowest BCUT2D eigenvalue weighted by molar-refractivity contribution is 0.269. The van der Waals surface area contributed by atoms with Crippen LogP contribution in [-0.2, 0) is 0 Å². The highest BCUT2D eigenvalue weighted by Crippen LogP contribution is 2.07. The number of hydrogen-bond donors (Lipinski definition) is 2. The molecule has 0 fully saturated rings. The molecular formula is C13H25N5. The Kier molecular flexibility index (Phi) is 5.85. The number of unbranched alkanes of at least 4 members (excludes halogenated alkanes) is 1. The molecular weight excluding hydrogens is 226 g/mol. The van der Waals surface area contributed by atoms with Crippen LogP contribution < -0.4 is 11.1 Å². The lowest BCUT2D eigenvalue weighted by Gasteiger charge is -2.20. The summed E-state index contributed by atoms with van der Waals surface area (Å²) in [5, 5.41) is 3.28. The van der Waals surface area contributed by atoms with Gasteiger partial charge in [0, 0.05) is 24.3 Å². The van der Waals surface area contributed by atoms with Crippen molar-refractivity contribution < 1.29 is 0 Å². The summed E-state index contributed by atoms with van der Waals surface area (Å²) in [4.78, 5) is 10.5. The first-order valence-corrected chi connectivity index (χ1v) is 6.54. The van der Waals surface area contributed by atoms with Gasteiger partial charge in [-0.25, -0.2) is 4.98 Å². The molecule has 0 amide bonds. The normalized spacial score (nSPS) is 11.2. The van der Waals surface area contributed by atoms with Crippen LogP contribution in [0.4, 0.5) is 11.8 Å². The third-order valence-corrected chi connectivity index (χ3v) is 3.00. The molecule has 1 heterocycles. The molecule has 0 spiro atoms. The molecule has 1 aromatic rings. The Balaban J connectivity index is 2.22. The number of aryl methyl sites for hydroxylation is 1. The summed E-state index contributed by atoms with van der Waals surface area (Å²) >= 11 is 0. The molecule has 5 heteroatoms. The average Bonchev–Trinajstić information content (AvgIpc) is 2.26. The second-order valence-corrected chi connectivity index (χ2v) is 4.96. The van der Waals surface area contributed by atoms with Crippen molar-refractivity contribution in [2.45, 2.75) is 39.7 Å². The number of anilines is 2. The molecule has 0 aliphatic rings. The van der Waals surface area contributed by atoms with Crippen LogP contribution in [0.15, 0.2) is 6.07 Å². The Morgan fingerprint density at radius 1 is 1.33 bits per heavy atom. The number of nitrogens with two attached hydrogens (primary N) is 1. The largest absolute Gasteiger partial charge is 0.370 e. The van der Waals surface area contributed by atoms with Crippen LogP contribution in [0, 0.1) is 6.92 Å². The first-order valence-electron chi connectivity index (χ1n) is 6.54. The fourth-order valence-corrected chi connectivity index (χ4v) is 1.64. The minimum absolute atomic E-state index is 0.331. The quantitative estimate of drug-likeness (QED) is 0.724. The standard InChI is InChI=1S/C13H25N5/c1-10(2)18(4)8-6-5-7-15-12-9-11(3)16-13(14)17-12/h9-10H,5-8H2,1-4H3,(H3,14,15,16,17). The van der Waals surface area contributed by atoms with Gasteiger partial charge in [-0.2, -0.15) is 4.98 Å². The molecule has 5 nitrogen and oxygen atoms in total. The summed E-state index contributed by atoms with van der Waals surface area (Å²) in [6, 6.07) is 2.53. The maximum atomic E-state index is 5.59. The van der Waals surface area contributed by atoms with E-state index in [0.717, 1.165) is 31.0 Å². The molecule has 1 aromatic heterocycles. The van der Waals surface area contributed by atoms with E-state index in [2.05, 4.69) is 41.1 Å². The van der Waals surface area contributed by atoms with E-state index in [1.165, 1.54) is 6.42 Å². The van der Waals surface area contributed by atoms with Crippen molar-refractivity contribution in [2.24, 2.45) is 0 Å². The molecule has 0 aliphatic carbocycles. The van der Waals surface area contributed by atoms with Gasteiger partial charge >= 0.3 is 0 Å². The van der Waals surface area contributed by atoms with E-state index in [0.29, 0.717) is 12.0 Å². The van der Waals surface area contributed by atoms with Crippen molar-refractivity contribution in [3.05, 3.63) is 11.8 Å². The average molecular weight is 251 g/mol. The van der Waals surface area contributed by atoms with E-state index >= 15 is 0 Å². The Bertz CT molecular complexity index is 344. The van der Waals surface area contributed by atoms with Crippen LogP contribution in [0.3, 0.4) is 0 Å². The van der Waals surface area contributed by atoms with Crippen LogP contribution in [0.2, 0.25) is 0 Å². The van der Waals surface area contributed by atoms with Gasteiger partial charge in [0.05, 0.1) is 0 Å². The monoisotopic (exact) mass is 251 g/mol. The van der Waals surface area contributed by atoms with Crippen molar-refractivity contribution >= 4 is 11.8 Å². The van der Waals surface area contributed by atoms with E-state index in [4.69, 9.17) is 5.73 Å². The first-order chi connectivity index (χ1) is 8.49. The summed E-state index contributed by atoms with van der Waals surface area (Å²) in [6.07, 6.45) is 2.31. The Morgan fingerprint density at radius 3 is 2.67 bits per heavy atom. The van der Waals surface area contributed by atoms with Crippen molar-refractivity contribution in [1.82, 2.24) is 14.9 Å². The Morgan fingerprint density at radius 2 is 2.06 bits per heavy atom. The SMILES string of the molecule is Cc1cc(NCCCCN(C)C(C)C)nc(N)n1. The summed E-state index contributed by atoms with van der Waals surface area (Å²) in [5.74, 6) is 1.15. The zero-order valence-electron chi connectivity index (χ0n) is 11.9. The number of nitrogen functional groups attached to an aromatic ring is 1. The third kappa shape index (κ3) is 5.31. The fraction of sp³-hybridized carbons (Fsp3) is 0.692. The van der Waals surface area contributed by atoms with Gasteiger partial charge in [0.1, 0.15) is 5.82 Å². The molecule has 0 unspecified atom stereocenters.